The van der Waals surface area contributed by atoms with Crippen LogP contribution in [0.2, 0.25) is 0 Å². The standard InChI is InChI=1S/C15H18N2O3S/c1-11(16)15(12-4-3-9-17-10-12)20-13-5-7-14(8-6-13)21(2,18)19/h3-11,15H,16H2,1-2H3. The molecule has 0 spiro atoms. The van der Waals surface area contributed by atoms with Crippen molar-refractivity contribution in [3.63, 3.8) is 0 Å². The molecule has 0 aliphatic heterocycles. The lowest BCUT2D eigenvalue weighted by Crippen LogP contribution is -2.29. The van der Waals surface area contributed by atoms with Crippen molar-refractivity contribution in [1.82, 2.24) is 4.98 Å². The highest BCUT2D eigenvalue weighted by Gasteiger charge is 2.18. The second kappa shape index (κ2) is 6.24. The van der Waals surface area contributed by atoms with Gasteiger partial charge in [-0.15, -0.1) is 0 Å². The molecule has 2 atom stereocenters. The van der Waals surface area contributed by atoms with Crippen LogP contribution < -0.4 is 10.5 Å². The molecular formula is C15H18N2O3S. The van der Waals surface area contributed by atoms with Gasteiger partial charge < -0.3 is 10.5 Å². The minimum Gasteiger partial charge on any atom is -0.484 e. The molecular weight excluding hydrogens is 288 g/mol. The van der Waals surface area contributed by atoms with Gasteiger partial charge in [0.25, 0.3) is 0 Å². The predicted molar refractivity (Wildman–Crippen MR) is 80.8 cm³/mol. The minimum atomic E-state index is -3.21. The third-order valence-corrected chi connectivity index (χ3v) is 4.13. The molecule has 112 valence electrons. The molecule has 0 saturated carbocycles. The summed E-state index contributed by atoms with van der Waals surface area (Å²) in [5, 5.41) is 0. The van der Waals surface area contributed by atoms with E-state index in [1.807, 2.05) is 19.1 Å². The lowest BCUT2D eigenvalue weighted by molar-refractivity contribution is 0.180. The second-order valence-electron chi connectivity index (χ2n) is 4.93. The Morgan fingerprint density at radius 2 is 1.86 bits per heavy atom. The van der Waals surface area contributed by atoms with Crippen LogP contribution in [0, 0.1) is 0 Å². The molecule has 2 rings (SSSR count). The normalized spacial score (nSPS) is 14.4. The Morgan fingerprint density at radius 3 is 2.33 bits per heavy atom. The third kappa shape index (κ3) is 4.03. The van der Waals surface area contributed by atoms with Crippen LogP contribution in [0.25, 0.3) is 0 Å². The molecule has 5 nitrogen and oxygen atoms in total. The molecule has 2 aromatic rings. The molecule has 21 heavy (non-hydrogen) atoms. The molecule has 0 aliphatic rings. The molecule has 0 bridgehead atoms. The van der Waals surface area contributed by atoms with Crippen LogP contribution in [0.15, 0.2) is 53.7 Å². The summed E-state index contributed by atoms with van der Waals surface area (Å²) >= 11 is 0. The number of benzene rings is 1. The molecule has 0 radical (unpaired) electrons. The van der Waals surface area contributed by atoms with Crippen molar-refractivity contribution >= 4 is 9.84 Å². The Hall–Kier alpha value is -1.92. The van der Waals surface area contributed by atoms with E-state index >= 15 is 0 Å². The highest BCUT2D eigenvalue weighted by atomic mass is 32.2. The van der Waals surface area contributed by atoms with Gasteiger partial charge in [-0.2, -0.15) is 0 Å². The first-order valence-corrected chi connectivity index (χ1v) is 8.39. The number of hydrogen-bond donors (Lipinski definition) is 1. The van der Waals surface area contributed by atoms with E-state index in [9.17, 15) is 8.42 Å². The van der Waals surface area contributed by atoms with Crippen molar-refractivity contribution in [3.05, 3.63) is 54.4 Å². The summed E-state index contributed by atoms with van der Waals surface area (Å²) in [5.41, 5.74) is 6.84. The molecule has 1 aromatic carbocycles. The van der Waals surface area contributed by atoms with Gasteiger partial charge in [0.1, 0.15) is 11.9 Å². The number of aromatic nitrogens is 1. The number of rotatable bonds is 5. The van der Waals surface area contributed by atoms with Crippen LogP contribution in [0.5, 0.6) is 5.75 Å². The highest BCUT2D eigenvalue weighted by Crippen LogP contribution is 2.24. The van der Waals surface area contributed by atoms with Crippen LogP contribution in [0.3, 0.4) is 0 Å². The Morgan fingerprint density at radius 1 is 1.19 bits per heavy atom. The van der Waals surface area contributed by atoms with Crippen molar-refractivity contribution in [2.45, 2.75) is 24.0 Å². The molecule has 0 saturated heterocycles. The Kier molecular flexibility index (Phi) is 4.59. The molecule has 0 fully saturated rings. The van der Waals surface area contributed by atoms with Gasteiger partial charge in [0.15, 0.2) is 9.84 Å². The maximum absolute atomic E-state index is 11.4. The summed E-state index contributed by atoms with van der Waals surface area (Å²) in [6, 6.07) is 9.78. The monoisotopic (exact) mass is 306 g/mol. The molecule has 0 aliphatic carbocycles. The van der Waals surface area contributed by atoms with Crippen molar-refractivity contribution < 1.29 is 13.2 Å². The quantitative estimate of drug-likeness (QED) is 0.913. The first kappa shape index (κ1) is 15.5. The second-order valence-corrected chi connectivity index (χ2v) is 6.94. The summed E-state index contributed by atoms with van der Waals surface area (Å²) in [6.07, 6.45) is 4.22. The summed E-state index contributed by atoms with van der Waals surface area (Å²) in [5.74, 6) is 0.563. The lowest BCUT2D eigenvalue weighted by atomic mass is 10.1. The van der Waals surface area contributed by atoms with Crippen LogP contribution in [0.1, 0.15) is 18.6 Å². The number of nitrogens with zero attached hydrogens (tertiary/aromatic N) is 1. The van der Waals surface area contributed by atoms with Crippen LogP contribution in [0.4, 0.5) is 0 Å². The van der Waals surface area contributed by atoms with Gasteiger partial charge in [-0.1, -0.05) is 6.07 Å². The summed E-state index contributed by atoms with van der Waals surface area (Å²) in [7, 11) is -3.21. The van der Waals surface area contributed by atoms with Crippen molar-refractivity contribution in [2.75, 3.05) is 6.26 Å². The van der Waals surface area contributed by atoms with Gasteiger partial charge in [-0.05, 0) is 37.3 Å². The molecule has 0 amide bonds. The first-order valence-electron chi connectivity index (χ1n) is 6.50. The van der Waals surface area contributed by atoms with E-state index in [4.69, 9.17) is 10.5 Å². The molecule has 6 heteroatoms. The van der Waals surface area contributed by atoms with E-state index < -0.39 is 9.84 Å². The van der Waals surface area contributed by atoms with E-state index in [2.05, 4.69) is 4.98 Å². The number of sulfone groups is 1. The summed E-state index contributed by atoms with van der Waals surface area (Å²) in [6.45, 7) is 1.85. The molecule has 2 unspecified atom stereocenters. The predicted octanol–water partition coefficient (Wildman–Crippen LogP) is 1.95. The minimum absolute atomic E-state index is 0.233. The van der Waals surface area contributed by atoms with Crippen LogP contribution >= 0.6 is 0 Å². The van der Waals surface area contributed by atoms with Gasteiger partial charge in [0.05, 0.1) is 4.90 Å². The van der Waals surface area contributed by atoms with E-state index in [0.29, 0.717) is 5.75 Å². The Balaban J connectivity index is 2.22. The van der Waals surface area contributed by atoms with Gasteiger partial charge in [-0.3, -0.25) is 4.98 Å². The van der Waals surface area contributed by atoms with Crippen molar-refractivity contribution in [1.29, 1.82) is 0 Å². The zero-order chi connectivity index (χ0) is 15.5. The van der Waals surface area contributed by atoms with Crippen molar-refractivity contribution in [3.8, 4) is 5.75 Å². The van der Waals surface area contributed by atoms with E-state index in [1.54, 1.807) is 24.5 Å². The number of hydrogen-bond acceptors (Lipinski definition) is 5. The largest absolute Gasteiger partial charge is 0.484 e. The lowest BCUT2D eigenvalue weighted by Gasteiger charge is -2.22. The van der Waals surface area contributed by atoms with Gasteiger partial charge in [-0.25, -0.2) is 8.42 Å². The van der Waals surface area contributed by atoms with E-state index in [0.717, 1.165) is 5.56 Å². The first-order chi connectivity index (χ1) is 9.88. The number of pyridine rings is 1. The van der Waals surface area contributed by atoms with Crippen molar-refractivity contribution in [2.24, 2.45) is 5.73 Å². The zero-order valence-corrected chi connectivity index (χ0v) is 12.7. The Bertz CT molecular complexity index is 683. The summed E-state index contributed by atoms with van der Waals surface area (Å²) < 4.78 is 28.7. The molecule has 1 heterocycles. The average molecular weight is 306 g/mol. The topological polar surface area (TPSA) is 82.3 Å². The van der Waals surface area contributed by atoms with E-state index in [-0.39, 0.29) is 17.0 Å². The van der Waals surface area contributed by atoms with Crippen LogP contribution in [-0.2, 0) is 9.84 Å². The fraction of sp³-hybridized carbons (Fsp3) is 0.267. The third-order valence-electron chi connectivity index (χ3n) is 3.01. The average Bonchev–Trinajstić information content (AvgIpc) is 2.45. The van der Waals surface area contributed by atoms with E-state index in [1.165, 1.54) is 18.4 Å². The fourth-order valence-corrected chi connectivity index (χ4v) is 2.57. The highest BCUT2D eigenvalue weighted by molar-refractivity contribution is 7.90. The number of nitrogens with two attached hydrogens (primary N) is 1. The van der Waals surface area contributed by atoms with Gasteiger partial charge >= 0.3 is 0 Å². The zero-order valence-electron chi connectivity index (χ0n) is 11.9. The Labute approximate surface area is 124 Å². The maximum atomic E-state index is 11.4. The molecule has 1 aromatic heterocycles. The molecule has 2 N–H and O–H groups in total. The maximum Gasteiger partial charge on any atom is 0.175 e. The fourth-order valence-electron chi connectivity index (χ4n) is 1.94. The number of ether oxygens (including phenoxy) is 1. The van der Waals surface area contributed by atoms with Crippen LogP contribution in [-0.4, -0.2) is 25.7 Å². The van der Waals surface area contributed by atoms with Gasteiger partial charge in [0.2, 0.25) is 0 Å². The smallest absolute Gasteiger partial charge is 0.175 e. The summed E-state index contributed by atoms with van der Waals surface area (Å²) in [4.78, 5) is 4.32. The van der Waals surface area contributed by atoms with Gasteiger partial charge in [0, 0.05) is 30.3 Å². The SMILES string of the molecule is CC(N)C(Oc1ccc(S(C)(=O)=O)cc1)c1cccnc1.